The van der Waals surface area contributed by atoms with E-state index in [0.29, 0.717) is 61.7 Å². The highest BCUT2D eigenvalue weighted by Crippen LogP contribution is 2.31. The van der Waals surface area contributed by atoms with Crippen molar-refractivity contribution in [1.82, 2.24) is 9.88 Å². The van der Waals surface area contributed by atoms with Crippen LogP contribution in [0.5, 0.6) is 5.75 Å². The maximum atomic E-state index is 12.9. The Morgan fingerprint density at radius 3 is 2.55 bits per heavy atom. The fourth-order valence-corrected chi connectivity index (χ4v) is 3.60. The third-order valence-electron chi connectivity index (χ3n) is 5.20. The fourth-order valence-electron chi connectivity index (χ4n) is 3.60. The summed E-state index contributed by atoms with van der Waals surface area (Å²) < 4.78 is 16.6. The molecule has 29 heavy (non-hydrogen) atoms. The first-order chi connectivity index (χ1) is 14.1. The van der Waals surface area contributed by atoms with Crippen LogP contribution >= 0.6 is 0 Å². The van der Waals surface area contributed by atoms with Gasteiger partial charge in [-0.15, -0.1) is 0 Å². The van der Waals surface area contributed by atoms with Crippen LogP contribution in [0.3, 0.4) is 0 Å². The minimum atomic E-state index is -0.534. The van der Waals surface area contributed by atoms with Gasteiger partial charge in [-0.25, -0.2) is 0 Å². The first kappa shape index (κ1) is 19.4. The molecule has 0 unspecified atom stereocenters. The smallest absolute Gasteiger partial charge is 0.257 e. The van der Waals surface area contributed by atoms with Gasteiger partial charge in [-0.3, -0.25) is 14.6 Å². The van der Waals surface area contributed by atoms with Crippen molar-refractivity contribution in [2.24, 2.45) is 0 Å². The Morgan fingerprint density at radius 1 is 1.10 bits per heavy atom. The van der Waals surface area contributed by atoms with Gasteiger partial charge in [0.1, 0.15) is 5.75 Å². The molecule has 2 aliphatic rings. The van der Waals surface area contributed by atoms with Gasteiger partial charge in [-0.2, -0.15) is 0 Å². The maximum Gasteiger partial charge on any atom is 0.257 e. The zero-order valence-corrected chi connectivity index (χ0v) is 16.2. The Balaban J connectivity index is 1.42. The number of likely N-dealkylation sites (tertiary alicyclic amines) is 1. The number of amides is 2. The summed E-state index contributed by atoms with van der Waals surface area (Å²) in [5.74, 6) is -0.386. The highest BCUT2D eigenvalue weighted by molar-refractivity contribution is 6.05. The van der Waals surface area contributed by atoms with Crippen molar-refractivity contribution in [3.63, 3.8) is 0 Å². The van der Waals surface area contributed by atoms with Gasteiger partial charge >= 0.3 is 0 Å². The molecular weight excluding hydrogens is 374 g/mol. The van der Waals surface area contributed by atoms with E-state index in [0.717, 1.165) is 0 Å². The normalized spacial score (nSPS) is 17.9. The van der Waals surface area contributed by atoms with Crippen molar-refractivity contribution in [3.05, 3.63) is 53.9 Å². The summed E-state index contributed by atoms with van der Waals surface area (Å²) in [6.07, 6.45) is 4.21. The minimum Gasteiger partial charge on any atom is -0.497 e. The van der Waals surface area contributed by atoms with Gasteiger partial charge in [-0.1, -0.05) is 6.07 Å². The average Bonchev–Trinajstić information content (AvgIpc) is 3.22. The number of nitrogens with one attached hydrogen (secondary N) is 1. The molecule has 1 aromatic heterocycles. The molecule has 2 saturated heterocycles. The zero-order valence-electron chi connectivity index (χ0n) is 16.2. The standard InChI is InChI=1S/C21H23N3O5/c1-27-18-4-2-3-17(12-18)23-19(25)15-11-16(14-22-13-15)20(26)24-7-5-21(6-8-24)28-9-10-29-21/h2-4,11-14H,5-10H2,1H3,(H,23,25). The van der Waals surface area contributed by atoms with Crippen LogP contribution < -0.4 is 10.1 Å². The number of aromatic nitrogens is 1. The van der Waals surface area contributed by atoms with E-state index in [-0.39, 0.29) is 11.8 Å². The van der Waals surface area contributed by atoms with E-state index in [1.807, 2.05) is 0 Å². The molecule has 2 amide bonds. The monoisotopic (exact) mass is 397 g/mol. The minimum absolute atomic E-state index is 0.152. The molecule has 1 aromatic carbocycles. The van der Waals surface area contributed by atoms with E-state index in [2.05, 4.69) is 10.3 Å². The molecule has 0 bridgehead atoms. The zero-order chi connectivity index (χ0) is 20.3. The SMILES string of the molecule is COc1cccc(NC(=O)c2cncc(C(=O)N3CCC4(CC3)OCCO4)c2)c1. The summed E-state index contributed by atoms with van der Waals surface area (Å²) in [6, 6.07) is 8.63. The fraction of sp³-hybridized carbons (Fsp3) is 0.381. The first-order valence-electron chi connectivity index (χ1n) is 9.56. The summed E-state index contributed by atoms with van der Waals surface area (Å²) in [5, 5.41) is 2.79. The van der Waals surface area contributed by atoms with Gasteiger partial charge in [0.25, 0.3) is 11.8 Å². The van der Waals surface area contributed by atoms with Gasteiger partial charge in [0.05, 0.1) is 31.5 Å². The van der Waals surface area contributed by atoms with Crippen molar-refractivity contribution in [2.45, 2.75) is 18.6 Å². The van der Waals surface area contributed by atoms with Crippen LogP contribution in [0, 0.1) is 0 Å². The molecule has 8 nitrogen and oxygen atoms in total. The molecule has 2 aromatic rings. The van der Waals surface area contributed by atoms with E-state index in [1.165, 1.54) is 12.4 Å². The molecule has 0 saturated carbocycles. The highest BCUT2D eigenvalue weighted by Gasteiger charge is 2.40. The largest absolute Gasteiger partial charge is 0.497 e. The molecule has 1 N–H and O–H groups in total. The number of hydrogen-bond donors (Lipinski definition) is 1. The molecular formula is C21H23N3O5. The lowest BCUT2D eigenvalue weighted by Crippen LogP contribution is -2.47. The van der Waals surface area contributed by atoms with Crippen molar-refractivity contribution >= 4 is 17.5 Å². The van der Waals surface area contributed by atoms with E-state index in [1.54, 1.807) is 42.3 Å². The molecule has 0 aliphatic carbocycles. The number of carbonyl (C=O) groups excluding carboxylic acids is 2. The Kier molecular flexibility index (Phi) is 5.46. The van der Waals surface area contributed by atoms with Crippen LogP contribution in [-0.2, 0) is 9.47 Å². The number of pyridine rings is 1. The number of piperidine rings is 1. The van der Waals surface area contributed by atoms with E-state index in [9.17, 15) is 9.59 Å². The summed E-state index contributed by atoms with van der Waals surface area (Å²) in [7, 11) is 1.56. The average molecular weight is 397 g/mol. The van der Waals surface area contributed by atoms with Gasteiger partial charge in [0.2, 0.25) is 0 Å². The Morgan fingerprint density at radius 2 is 1.83 bits per heavy atom. The van der Waals surface area contributed by atoms with Crippen LogP contribution in [0.4, 0.5) is 5.69 Å². The van der Waals surface area contributed by atoms with Crippen LogP contribution in [0.15, 0.2) is 42.7 Å². The van der Waals surface area contributed by atoms with Crippen LogP contribution in [0.1, 0.15) is 33.6 Å². The summed E-state index contributed by atoms with van der Waals surface area (Å²) >= 11 is 0. The Bertz CT molecular complexity index is 901. The van der Waals surface area contributed by atoms with E-state index in [4.69, 9.17) is 14.2 Å². The summed E-state index contributed by atoms with van der Waals surface area (Å²) in [6.45, 7) is 2.28. The molecule has 3 heterocycles. The molecule has 8 heteroatoms. The number of anilines is 1. The Labute approximate surface area is 168 Å². The molecule has 4 rings (SSSR count). The topological polar surface area (TPSA) is 90.0 Å². The number of nitrogens with zero attached hydrogens (tertiary/aromatic N) is 2. The molecule has 0 atom stereocenters. The number of benzene rings is 1. The van der Waals surface area contributed by atoms with Gasteiger partial charge in [0, 0.05) is 50.1 Å². The van der Waals surface area contributed by atoms with Gasteiger partial charge < -0.3 is 24.4 Å². The lowest BCUT2D eigenvalue weighted by Gasteiger charge is -2.37. The first-order valence-corrected chi connectivity index (χ1v) is 9.56. The number of rotatable bonds is 4. The molecule has 2 aliphatic heterocycles. The van der Waals surface area contributed by atoms with E-state index < -0.39 is 5.79 Å². The van der Waals surface area contributed by atoms with Crippen molar-refractivity contribution in [1.29, 1.82) is 0 Å². The number of carbonyl (C=O) groups is 2. The molecule has 1 spiro atoms. The summed E-state index contributed by atoms with van der Waals surface area (Å²) in [5.41, 5.74) is 1.30. The number of ether oxygens (including phenoxy) is 3. The van der Waals surface area contributed by atoms with Gasteiger partial charge in [-0.05, 0) is 18.2 Å². The predicted molar refractivity (Wildman–Crippen MR) is 105 cm³/mol. The highest BCUT2D eigenvalue weighted by atomic mass is 16.7. The van der Waals surface area contributed by atoms with E-state index >= 15 is 0 Å². The lowest BCUT2D eigenvalue weighted by atomic mass is 10.0. The van der Waals surface area contributed by atoms with Gasteiger partial charge in [0.15, 0.2) is 5.79 Å². The van der Waals surface area contributed by atoms with Crippen LogP contribution in [0.25, 0.3) is 0 Å². The third kappa shape index (κ3) is 4.23. The quantitative estimate of drug-likeness (QED) is 0.852. The Hall–Kier alpha value is -2.97. The van der Waals surface area contributed by atoms with Crippen molar-refractivity contribution < 1.29 is 23.8 Å². The lowest BCUT2D eigenvalue weighted by molar-refractivity contribution is -0.181. The third-order valence-corrected chi connectivity index (χ3v) is 5.20. The summed E-state index contributed by atoms with van der Waals surface area (Å²) in [4.78, 5) is 31.3. The van der Waals surface area contributed by atoms with Crippen molar-refractivity contribution in [2.75, 3.05) is 38.7 Å². The second-order valence-electron chi connectivity index (χ2n) is 7.05. The van der Waals surface area contributed by atoms with Crippen LogP contribution in [-0.4, -0.2) is 60.9 Å². The second-order valence-corrected chi connectivity index (χ2v) is 7.05. The number of hydrogen-bond acceptors (Lipinski definition) is 6. The number of methoxy groups -OCH3 is 1. The molecule has 0 radical (unpaired) electrons. The maximum absolute atomic E-state index is 12.9. The second kappa shape index (κ2) is 8.18. The van der Waals surface area contributed by atoms with Crippen molar-refractivity contribution in [3.8, 4) is 5.75 Å². The van der Waals surface area contributed by atoms with Crippen LogP contribution in [0.2, 0.25) is 0 Å². The predicted octanol–water partition coefficient (Wildman–Crippen LogP) is 2.32. The molecule has 152 valence electrons. The molecule has 2 fully saturated rings.